The third kappa shape index (κ3) is 5.82. The molecule has 0 aliphatic heterocycles. The molecule has 1 aliphatic carbocycles. The molecule has 5 nitrogen and oxygen atoms in total. The van der Waals surface area contributed by atoms with Crippen molar-refractivity contribution in [3.05, 3.63) is 88.4 Å². The van der Waals surface area contributed by atoms with Crippen molar-refractivity contribution in [1.82, 2.24) is 15.2 Å². The predicted molar refractivity (Wildman–Crippen MR) is 127 cm³/mol. The number of aromatic nitrogens is 1. The summed E-state index contributed by atoms with van der Waals surface area (Å²) in [5.74, 6) is -0.171. The fourth-order valence-corrected chi connectivity index (χ4v) is 5.01. The molecular weight excluding hydrogens is 418 g/mol. The van der Waals surface area contributed by atoms with Crippen LogP contribution in [0.3, 0.4) is 0 Å². The third-order valence-corrected chi connectivity index (χ3v) is 6.83. The molecule has 0 radical (unpaired) electrons. The van der Waals surface area contributed by atoms with Crippen LogP contribution in [0.2, 0.25) is 0 Å². The summed E-state index contributed by atoms with van der Waals surface area (Å²) in [4.78, 5) is 34.0. The van der Waals surface area contributed by atoms with Gasteiger partial charge >= 0.3 is 0 Å². The maximum atomic E-state index is 13.6. The van der Waals surface area contributed by atoms with Crippen LogP contribution >= 0.6 is 11.3 Å². The Morgan fingerprint density at radius 2 is 1.75 bits per heavy atom. The average molecular weight is 448 g/mol. The molecule has 1 saturated carbocycles. The molecular formula is C26H29N3O2S. The van der Waals surface area contributed by atoms with Crippen molar-refractivity contribution >= 4 is 23.2 Å². The van der Waals surface area contributed by atoms with Gasteiger partial charge in [0.05, 0.1) is 6.42 Å². The Morgan fingerprint density at radius 1 is 1.00 bits per heavy atom. The van der Waals surface area contributed by atoms with Crippen molar-refractivity contribution < 1.29 is 9.59 Å². The van der Waals surface area contributed by atoms with Crippen molar-refractivity contribution in [2.75, 3.05) is 0 Å². The molecule has 2 amide bonds. The molecule has 4 rings (SSSR count). The fraction of sp³-hybridized carbons (Fsp3) is 0.346. The highest BCUT2D eigenvalue weighted by Gasteiger charge is 2.33. The minimum Gasteiger partial charge on any atom is -0.351 e. The van der Waals surface area contributed by atoms with E-state index in [1.54, 1.807) is 28.6 Å². The van der Waals surface area contributed by atoms with E-state index < -0.39 is 6.04 Å². The number of pyridine rings is 1. The second kappa shape index (κ2) is 11.0. The van der Waals surface area contributed by atoms with Crippen LogP contribution in [0.25, 0.3) is 0 Å². The normalized spacial score (nSPS) is 15.1. The van der Waals surface area contributed by atoms with Gasteiger partial charge in [-0.25, -0.2) is 0 Å². The summed E-state index contributed by atoms with van der Waals surface area (Å²) < 4.78 is 0. The van der Waals surface area contributed by atoms with Gasteiger partial charge in [-0.15, -0.1) is 11.3 Å². The highest BCUT2D eigenvalue weighted by atomic mass is 32.1. The number of nitrogens with one attached hydrogen (secondary N) is 1. The summed E-state index contributed by atoms with van der Waals surface area (Å²) in [5.41, 5.74) is 1.78. The number of benzene rings is 1. The van der Waals surface area contributed by atoms with Crippen LogP contribution in [0.5, 0.6) is 0 Å². The molecule has 1 aromatic carbocycles. The van der Waals surface area contributed by atoms with Crippen LogP contribution in [0.4, 0.5) is 0 Å². The van der Waals surface area contributed by atoms with E-state index >= 15 is 0 Å². The Bertz CT molecular complexity index is 986. The molecule has 1 fully saturated rings. The Kier molecular flexibility index (Phi) is 7.67. The van der Waals surface area contributed by atoms with Gasteiger partial charge in [-0.1, -0.05) is 55.7 Å². The smallest absolute Gasteiger partial charge is 0.247 e. The van der Waals surface area contributed by atoms with Gasteiger partial charge in [0.15, 0.2) is 0 Å². The molecule has 1 aliphatic rings. The van der Waals surface area contributed by atoms with Gasteiger partial charge < -0.3 is 10.2 Å². The number of nitrogens with zero attached hydrogens (tertiary/aromatic N) is 2. The molecule has 0 bridgehead atoms. The second-order valence-corrected chi connectivity index (χ2v) is 9.32. The number of rotatable bonds is 8. The lowest BCUT2D eigenvalue weighted by atomic mass is 9.94. The van der Waals surface area contributed by atoms with Gasteiger partial charge in [0.25, 0.3) is 0 Å². The zero-order chi connectivity index (χ0) is 22.2. The first-order valence-corrected chi connectivity index (χ1v) is 12.1. The lowest BCUT2D eigenvalue weighted by Gasteiger charge is -2.33. The van der Waals surface area contributed by atoms with Gasteiger partial charge in [0, 0.05) is 29.9 Å². The number of thiophene rings is 1. The first kappa shape index (κ1) is 22.2. The summed E-state index contributed by atoms with van der Waals surface area (Å²) >= 11 is 1.56. The molecule has 0 unspecified atom stereocenters. The van der Waals surface area contributed by atoms with Crippen molar-refractivity contribution in [2.24, 2.45) is 0 Å². The number of carbonyl (C=O) groups excluding carboxylic acids is 2. The van der Waals surface area contributed by atoms with E-state index in [1.807, 2.05) is 60.0 Å². The molecule has 32 heavy (non-hydrogen) atoms. The first-order valence-electron chi connectivity index (χ1n) is 11.3. The van der Waals surface area contributed by atoms with Gasteiger partial charge in [-0.3, -0.25) is 14.6 Å². The molecule has 1 atom stereocenters. The van der Waals surface area contributed by atoms with Gasteiger partial charge in [-0.05, 0) is 47.5 Å². The van der Waals surface area contributed by atoms with E-state index in [1.165, 1.54) is 6.42 Å². The summed E-state index contributed by atoms with van der Waals surface area (Å²) in [6.45, 7) is 0.371. The van der Waals surface area contributed by atoms with Crippen molar-refractivity contribution in [1.29, 1.82) is 0 Å². The first-order chi connectivity index (χ1) is 15.7. The van der Waals surface area contributed by atoms with E-state index in [2.05, 4.69) is 10.3 Å². The van der Waals surface area contributed by atoms with E-state index in [0.717, 1.165) is 41.7 Å². The number of amides is 2. The van der Waals surface area contributed by atoms with Crippen LogP contribution in [0.1, 0.15) is 54.1 Å². The van der Waals surface area contributed by atoms with Gasteiger partial charge in [0.2, 0.25) is 11.8 Å². The Labute approximate surface area is 193 Å². The Hall–Kier alpha value is -2.99. The molecule has 3 aromatic rings. The SMILES string of the molecule is O=C(NC1CCCCC1)[C@H](c1ccncc1)N(Cc1ccccc1)C(=O)Cc1cccs1. The lowest BCUT2D eigenvalue weighted by Crippen LogP contribution is -2.47. The van der Waals surface area contributed by atoms with Crippen molar-refractivity contribution in [2.45, 2.75) is 57.2 Å². The summed E-state index contributed by atoms with van der Waals surface area (Å²) in [5, 5.41) is 5.22. The summed E-state index contributed by atoms with van der Waals surface area (Å²) in [6, 6.07) is 16.9. The van der Waals surface area contributed by atoms with Crippen LogP contribution in [-0.2, 0) is 22.6 Å². The van der Waals surface area contributed by atoms with Crippen molar-refractivity contribution in [3.63, 3.8) is 0 Å². The molecule has 0 spiro atoms. The largest absolute Gasteiger partial charge is 0.351 e. The zero-order valence-electron chi connectivity index (χ0n) is 18.2. The van der Waals surface area contributed by atoms with Crippen LogP contribution in [0, 0.1) is 0 Å². The average Bonchev–Trinajstić information content (AvgIpc) is 3.34. The van der Waals surface area contributed by atoms with Crippen LogP contribution in [-0.4, -0.2) is 27.7 Å². The zero-order valence-corrected chi connectivity index (χ0v) is 19.0. The van der Waals surface area contributed by atoms with E-state index in [4.69, 9.17) is 0 Å². The minimum absolute atomic E-state index is 0.0584. The Balaban J connectivity index is 1.65. The lowest BCUT2D eigenvalue weighted by molar-refractivity contribution is -0.141. The summed E-state index contributed by atoms with van der Waals surface area (Å²) in [6.07, 6.45) is 9.13. The van der Waals surface area contributed by atoms with Crippen LogP contribution in [0.15, 0.2) is 72.4 Å². The van der Waals surface area contributed by atoms with Crippen LogP contribution < -0.4 is 5.32 Å². The van der Waals surface area contributed by atoms with E-state index in [9.17, 15) is 9.59 Å². The second-order valence-electron chi connectivity index (χ2n) is 8.29. The maximum absolute atomic E-state index is 13.6. The third-order valence-electron chi connectivity index (χ3n) is 5.96. The quantitative estimate of drug-likeness (QED) is 0.534. The predicted octanol–water partition coefficient (Wildman–Crippen LogP) is 4.90. The topological polar surface area (TPSA) is 62.3 Å². The monoisotopic (exact) mass is 447 g/mol. The number of carbonyl (C=O) groups is 2. The molecule has 166 valence electrons. The van der Waals surface area contributed by atoms with Gasteiger partial charge in [0.1, 0.15) is 6.04 Å². The maximum Gasteiger partial charge on any atom is 0.247 e. The fourth-order valence-electron chi connectivity index (χ4n) is 4.31. The number of hydrogen-bond donors (Lipinski definition) is 1. The van der Waals surface area contributed by atoms with Crippen molar-refractivity contribution in [3.8, 4) is 0 Å². The van der Waals surface area contributed by atoms with E-state index in [-0.39, 0.29) is 24.3 Å². The number of hydrogen-bond acceptors (Lipinski definition) is 4. The Morgan fingerprint density at radius 3 is 2.44 bits per heavy atom. The highest BCUT2D eigenvalue weighted by Crippen LogP contribution is 2.26. The molecule has 2 aromatic heterocycles. The molecule has 0 saturated heterocycles. The molecule has 1 N–H and O–H groups in total. The minimum atomic E-state index is -0.701. The summed E-state index contributed by atoms with van der Waals surface area (Å²) in [7, 11) is 0. The standard InChI is InChI=1S/C26H29N3O2S/c30-24(18-23-12-7-17-32-23)29(19-20-8-3-1-4-9-20)25(21-13-15-27-16-14-21)26(31)28-22-10-5-2-6-11-22/h1,3-4,7-9,12-17,22,25H,2,5-6,10-11,18-19H2,(H,28,31)/t25-/m0/s1. The molecule has 2 heterocycles. The highest BCUT2D eigenvalue weighted by molar-refractivity contribution is 7.10. The van der Waals surface area contributed by atoms with E-state index in [0.29, 0.717) is 6.54 Å². The molecule has 6 heteroatoms. The van der Waals surface area contributed by atoms with Gasteiger partial charge in [-0.2, -0.15) is 0 Å².